The van der Waals surface area contributed by atoms with Gasteiger partial charge < -0.3 is 19.8 Å². The quantitative estimate of drug-likeness (QED) is 0.421. The lowest BCUT2D eigenvalue weighted by Crippen LogP contribution is -2.45. The highest BCUT2D eigenvalue weighted by molar-refractivity contribution is 14.0. The van der Waals surface area contributed by atoms with E-state index in [0.29, 0.717) is 18.5 Å². The third kappa shape index (κ3) is 5.71. The Labute approximate surface area is 165 Å². The van der Waals surface area contributed by atoms with Crippen LogP contribution in [-0.4, -0.2) is 37.2 Å². The van der Waals surface area contributed by atoms with Crippen LogP contribution in [0.2, 0.25) is 0 Å². The Hall–Kier alpha value is -1.61. The molecule has 0 unspecified atom stereocenters. The summed E-state index contributed by atoms with van der Waals surface area (Å²) in [6.45, 7) is 4.24. The third-order valence-electron chi connectivity index (χ3n) is 4.07. The molecule has 0 saturated carbocycles. The van der Waals surface area contributed by atoms with E-state index in [-0.39, 0.29) is 24.0 Å². The zero-order chi connectivity index (χ0) is 16.8. The largest absolute Gasteiger partial charge is 0.444 e. The maximum atomic E-state index is 5.58. The second-order valence-electron chi connectivity index (χ2n) is 5.97. The minimum atomic E-state index is 0. The summed E-state index contributed by atoms with van der Waals surface area (Å²) in [6, 6.07) is 8.55. The number of benzene rings is 1. The van der Waals surface area contributed by atoms with E-state index in [4.69, 9.17) is 9.15 Å². The Balaban J connectivity index is 0.00000225. The summed E-state index contributed by atoms with van der Waals surface area (Å²) in [5, 5.41) is 6.70. The lowest BCUT2D eigenvalue weighted by Gasteiger charge is -2.24. The van der Waals surface area contributed by atoms with Crippen LogP contribution in [0.15, 0.2) is 39.9 Å². The van der Waals surface area contributed by atoms with Crippen molar-refractivity contribution >= 4 is 29.9 Å². The van der Waals surface area contributed by atoms with Crippen molar-refractivity contribution in [3.63, 3.8) is 0 Å². The van der Waals surface area contributed by atoms with Crippen LogP contribution in [-0.2, 0) is 11.3 Å². The summed E-state index contributed by atoms with van der Waals surface area (Å²) >= 11 is 0. The van der Waals surface area contributed by atoms with E-state index in [1.165, 1.54) is 5.56 Å². The smallest absolute Gasteiger partial charge is 0.226 e. The van der Waals surface area contributed by atoms with Crippen molar-refractivity contribution in [3.8, 4) is 11.5 Å². The topological polar surface area (TPSA) is 71.7 Å². The molecule has 25 heavy (non-hydrogen) atoms. The molecule has 1 aromatic heterocycles. The molecule has 3 rings (SSSR count). The number of aromatic nitrogens is 1. The highest BCUT2D eigenvalue weighted by atomic mass is 127. The van der Waals surface area contributed by atoms with Gasteiger partial charge in [-0.25, -0.2) is 4.98 Å². The van der Waals surface area contributed by atoms with Crippen molar-refractivity contribution in [2.45, 2.75) is 32.4 Å². The van der Waals surface area contributed by atoms with Gasteiger partial charge in [0.1, 0.15) is 6.26 Å². The van der Waals surface area contributed by atoms with Gasteiger partial charge in [0.15, 0.2) is 5.96 Å². The van der Waals surface area contributed by atoms with E-state index >= 15 is 0 Å². The Morgan fingerprint density at radius 1 is 1.24 bits per heavy atom. The molecule has 2 heterocycles. The van der Waals surface area contributed by atoms with Gasteiger partial charge in [-0.05, 0) is 31.9 Å². The number of aryl methyl sites for hydroxylation is 1. The van der Waals surface area contributed by atoms with E-state index < -0.39 is 0 Å². The maximum absolute atomic E-state index is 5.58. The van der Waals surface area contributed by atoms with Crippen molar-refractivity contribution in [2.24, 2.45) is 4.99 Å². The lowest BCUT2D eigenvalue weighted by atomic mass is 10.1. The van der Waals surface area contributed by atoms with Crippen LogP contribution in [0.5, 0.6) is 0 Å². The Bertz CT molecular complexity index is 679. The highest BCUT2D eigenvalue weighted by Crippen LogP contribution is 2.19. The molecule has 136 valence electrons. The van der Waals surface area contributed by atoms with Crippen molar-refractivity contribution in [1.82, 2.24) is 15.6 Å². The average molecular weight is 456 g/mol. The lowest BCUT2D eigenvalue weighted by molar-refractivity contribution is 0.0822. The number of oxazole rings is 1. The molecule has 2 N–H and O–H groups in total. The van der Waals surface area contributed by atoms with Crippen LogP contribution >= 0.6 is 24.0 Å². The van der Waals surface area contributed by atoms with Crippen LogP contribution in [0.4, 0.5) is 0 Å². The molecule has 0 amide bonds. The zero-order valence-corrected chi connectivity index (χ0v) is 16.9. The third-order valence-corrected chi connectivity index (χ3v) is 4.07. The molecule has 1 aromatic carbocycles. The maximum Gasteiger partial charge on any atom is 0.226 e. The fraction of sp³-hybridized carbons (Fsp3) is 0.444. The molecular formula is C18H25IN4O2. The first-order valence-corrected chi connectivity index (χ1v) is 8.31. The van der Waals surface area contributed by atoms with Gasteiger partial charge in [0.2, 0.25) is 5.89 Å². The summed E-state index contributed by atoms with van der Waals surface area (Å²) in [4.78, 5) is 8.80. The summed E-state index contributed by atoms with van der Waals surface area (Å²) in [5.41, 5.74) is 3.05. The number of halogens is 1. The molecule has 6 nitrogen and oxygen atoms in total. The van der Waals surface area contributed by atoms with Crippen LogP contribution in [0, 0.1) is 6.92 Å². The van der Waals surface area contributed by atoms with Crippen molar-refractivity contribution in [2.75, 3.05) is 20.3 Å². The molecular weight excluding hydrogens is 431 g/mol. The van der Waals surface area contributed by atoms with Gasteiger partial charge in [0, 0.05) is 31.9 Å². The van der Waals surface area contributed by atoms with Crippen molar-refractivity contribution in [3.05, 3.63) is 41.8 Å². The fourth-order valence-corrected chi connectivity index (χ4v) is 2.62. The Kier molecular flexibility index (Phi) is 7.70. The number of ether oxygens (including phenoxy) is 1. The summed E-state index contributed by atoms with van der Waals surface area (Å²) in [6.07, 6.45) is 3.69. The van der Waals surface area contributed by atoms with Crippen LogP contribution < -0.4 is 10.6 Å². The van der Waals surface area contributed by atoms with Gasteiger partial charge in [-0.3, -0.25) is 4.99 Å². The summed E-state index contributed by atoms with van der Waals surface area (Å²) in [7, 11) is 1.77. The van der Waals surface area contributed by atoms with Crippen molar-refractivity contribution in [1.29, 1.82) is 0 Å². The normalized spacial score (nSPS) is 15.5. The molecule has 1 fully saturated rings. The fourth-order valence-electron chi connectivity index (χ4n) is 2.62. The van der Waals surface area contributed by atoms with Gasteiger partial charge >= 0.3 is 0 Å². The second-order valence-corrected chi connectivity index (χ2v) is 5.97. The Morgan fingerprint density at radius 2 is 1.96 bits per heavy atom. The van der Waals surface area contributed by atoms with Gasteiger partial charge in [-0.1, -0.05) is 17.7 Å². The number of hydrogen-bond acceptors (Lipinski definition) is 4. The first-order chi connectivity index (χ1) is 11.7. The number of guanidine groups is 1. The average Bonchev–Trinajstić information content (AvgIpc) is 3.09. The highest BCUT2D eigenvalue weighted by Gasteiger charge is 2.15. The van der Waals surface area contributed by atoms with Crippen LogP contribution in [0.1, 0.15) is 24.1 Å². The minimum Gasteiger partial charge on any atom is -0.444 e. The first-order valence-electron chi connectivity index (χ1n) is 8.31. The van der Waals surface area contributed by atoms with E-state index in [1.807, 2.05) is 12.1 Å². The van der Waals surface area contributed by atoms with Gasteiger partial charge in [0.05, 0.1) is 12.2 Å². The molecule has 1 aliphatic heterocycles. The SMILES string of the molecule is CN=C(NCc1coc(-c2ccc(C)cc2)n1)NC1CCOCC1.I. The number of nitrogens with zero attached hydrogens (tertiary/aromatic N) is 2. The van der Waals surface area contributed by atoms with Crippen molar-refractivity contribution < 1.29 is 9.15 Å². The number of aliphatic imine (C=N–C) groups is 1. The number of hydrogen-bond donors (Lipinski definition) is 2. The molecule has 0 bridgehead atoms. The minimum absolute atomic E-state index is 0. The predicted octanol–water partition coefficient (Wildman–Crippen LogP) is 3.11. The number of nitrogens with one attached hydrogen (secondary N) is 2. The van der Waals surface area contributed by atoms with Gasteiger partial charge in [-0.2, -0.15) is 0 Å². The van der Waals surface area contributed by atoms with E-state index in [2.05, 4.69) is 39.7 Å². The number of rotatable bonds is 4. The molecule has 0 aliphatic carbocycles. The molecule has 7 heteroatoms. The molecule has 0 atom stereocenters. The second kappa shape index (κ2) is 9.76. The molecule has 1 saturated heterocycles. The standard InChI is InChI=1S/C18H24N4O2.HI/c1-13-3-5-14(6-4-13)17-21-16(12-24-17)11-20-18(19-2)22-15-7-9-23-10-8-15;/h3-6,12,15H,7-11H2,1-2H3,(H2,19,20,22);1H. The Morgan fingerprint density at radius 3 is 2.64 bits per heavy atom. The van der Waals surface area contributed by atoms with E-state index in [0.717, 1.165) is 43.3 Å². The van der Waals surface area contributed by atoms with E-state index in [9.17, 15) is 0 Å². The first kappa shape index (κ1) is 19.7. The summed E-state index contributed by atoms with van der Waals surface area (Å²) < 4.78 is 11.0. The van der Waals surface area contributed by atoms with Gasteiger partial charge in [-0.15, -0.1) is 24.0 Å². The predicted molar refractivity (Wildman–Crippen MR) is 109 cm³/mol. The monoisotopic (exact) mass is 456 g/mol. The zero-order valence-electron chi connectivity index (χ0n) is 14.6. The summed E-state index contributed by atoms with van der Waals surface area (Å²) in [5.74, 6) is 1.42. The molecule has 0 spiro atoms. The molecule has 2 aromatic rings. The van der Waals surface area contributed by atoms with E-state index in [1.54, 1.807) is 13.3 Å². The van der Waals surface area contributed by atoms with Crippen LogP contribution in [0.25, 0.3) is 11.5 Å². The van der Waals surface area contributed by atoms with Gasteiger partial charge in [0.25, 0.3) is 0 Å². The molecule has 0 radical (unpaired) electrons. The van der Waals surface area contributed by atoms with Crippen LogP contribution in [0.3, 0.4) is 0 Å². The molecule has 1 aliphatic rings.